The van der Waals surface area contributed by atoms with Crippen LogP contribution in [0, 0.1) is 0 Å². The fraction of sp³-hybridized carbons (Fsp3) is 0. The summed E-state index contributed by atoms with van der Waals surface area (Å²) in [6.45, 7) is 0. The maximum Gasteiger partial charge on any atom is 1.00 e. The van der Waals surface area contributed by atoms with Crippen molar-refractivity contribution in [3.8, 4) is 0 Å². The second-order valence-corrected chi connectivity index (χ2v) is 28.0. The summed E-state index contributed by atoms with van der Waals surface area (Å²) >= 11 is 24.3. The van der Waals surface area contributed by atoms with Crippen LogP contribution < -0.4 is 102 Å². The molecule has 0 saturated carbocycles. The topological polar surface area (TPSA) is 468 Å². The predicted molar refractivity (Wildman–Crippen MR) is 396 cm³/mol. The number of halogens is 4. The van der Waals surface area contributed by atoms with Crippen LogP contribution >= 0.6 is 46.4 Å². The Bertz CT molecular complexity index is 5060. The van der Waals surface area contributed by atoms with Crippen molar-refractivity contribution in [1.29, 1.82) is 0 Å². The van der Waals surface area contributed by atoms with Crippen LogP contribution in [0.15, 0.2) is 214 Å². The van der Waals surface area contributed by atoms with E-state index in [1.165, 1.54) is 72.8 Å². The Morgan fingerprint density at radius 2 is 0.406 bits per heavy atom. The minimum atomic E-state index is -4.81. The van der Waals surface area contributed by atoms with Crippen LogP contribution in [0.1, 0.15) is 25.1 Å². The summed E-state index contributed by atoms with van der Waals surface area (Å²) in [7, 11) is -19.2. The van der Waals surface area contributed by atoms with E-state index < -0.39 is 60.1 Å². The van der Waals surface area contributed by atoms with Crippen LogP contribution in [0.2, 0.25) is 21.1 Å². The molecule has 0 saturated heterocycles. The first kappa shape index (κ1) is 80.6. The third-order valence-corrected chi connectivity index (χ3v) is 17.9. The maximum absolute atomic E-state index is 12.4. The molecule has 0 spiro atoms. The molecule has 12 N–H and O–H groups in total. The van der Waals surface area contributed by atoms with E-state index in [1.807, 2.05) is 72.8 Å². The summed E-state index contributed by atoms with van der Waals surface area (Å²) in [6, 6.07) is 51.8. The van der Waals surface area contributed by atoms with E-state index in [-0.39, 0.29) is 176 Å². The van der Waals surface area contributed by atoms with E-state index >= 15 is 0 Å². The molecule has 4 heterocycles. The minimum Gasteiger partial charge on any atom is -0.324 e. The molecule has 106 heavy (non-hydrogen) atoms. The first-order valence-electron chi connectivity index (χ1n) is 29.4. The van der Waals surface area contributed by atoms with Crippen LogP contribution in [0.3, 0.4) is 0 Å². The van der Waals surface area contributed by atoms with E-state index in [2.05, 4.69) is 102 Å². The van der Waals surface area contributed by atoms with E-state index in [0.717, 1.165) is 24.3 Å². The van der Waals surface area contributed by atoms with Gasteiger partial charge >= 0.3 is 62.0 Å². The summed E-state index contributed by atoms with van der Waals surface area (Å²) in [5.74, 6) is 0.328. The van der Waals surface area contributed by atoms with Crippen molar-refractivity contribution < 1.29 is 114 Å². The molecule has 0 aliphatic heterocycles. The zero-order chi connectivity index (χ0) is 73.8. The van der Waals surface area contributed by atoms with Crippen LogP contribution in [-0.2, 0) is 40.5 Å². The van der Waals surface area contributed by atoms with Crippen molar-refractivity contribution in [2.45, 2.75) is 19.6 Å². The zero-order valence-electron chi connectivity index (χ0n) is 56.4. The van der Waals surface area contributed by atoms with Gasteiger partial charge in [0.25, 0.3) is 40.5 Å². The standard InChI is InChI=1S/2C32H24Cl2N10O6S2.2Na/c2*33-27-39-29(35-21-7-3-1-4-8-21)43-31(41-27)37-23-15-13-19(25(17-23)51(45,46)47)11-12-20-14-16-24(18-26(20)52(48,49)50)38-32-42-28(34)40-30(44-32)36-22-9-5-2-6-10-22;;/h2*1-18H,(H,45,46,47)(H,48,49,50)(H2,35,37,39,41,43)(H2,36,38,40,42,44);;/q;;2*+1/p+2. The number of rotatable bonds is 24. The summed E-state index contributed by atoms with van der Waals surface area (Å²) in [5.41, 5.74) is 3.29. The number of hydrogen-bond acceptors (Lipinski definition) is 28. The van der Waals surface area contributed by atoms with Gasteiger partial charge in [0.15, 0.2) is 0 Å². The fourth-order valence-corrected chi connectivity index (χ4v) is 12.7. The molecule has 528 valence electrons. The molecule has 0 aliphatic rings. The molecule has 0 radical (unpaired) electrons. The molecule has 0 fully saturated rings. The molecular formula is C64H50Cl4N20Na2O12S4+4. The van der Waals surface area contributed by atoms with Gasteiger partial charge in [-0.3, -0.25) is 18.2 Å². The molecule has 0 aliphatic carbocycles. The van der Waals surface area contributed by atoms with Crippen LogP contribution in [0.4, 0.5) is 93.1 Å². The quantitative estimate of drug-likeness (QED) is 0.0154. The van der Waals surface area contributed by atoms with Gasteiger partial charge < -0.3 is 42.5 Å². The maximum atomic E-state index is 12.4. The van der Waals surface area contributed by atoms with Gasteiger partial charge in [0.05, 0.1) is 0 Å². The summed E-state index contributed by atoms with van der Waals surface area (Å²) in [6.07, 6.45) is 5.00. The summed E-state index contributed by atoms with van der Waals surface area (Å²) in [5, 5.41) is 22.6. The van der Waals surface area contributed by atoms with E-state index in [4.69, 9.17) is 46.4 Å². The minimum absolute atomic E-state index is 0. The van der Waals surface area contributed by atoms with Crippen molar-refractivity contribution in [3.05, 3.63) is 238 Å². The molecule has 12 rings (SSSR count). The predicted octanol–water partition coefficient (Wildman–Crippen LogP) is 8.24. The molecule has 0 unspecified atom stereocenters. The molecule has 12 aromatic rings. The number of aromatic nitrogens is 12. The average Bonchev–Trinajstić information content (AvgIpc) is 0.810. The normalized spacial score (nSPS) is 11.5. The third-order valence-electron chi connectivity index (χ3n) is 13.6. The SMILES string of the molecule is O=S(=O)(O)c1cc(Nc2nc(Cl)nc(Nc3ccccc3)n2)ccc1C=Cc1ccc(Nc2nc(Cl)nc(Nc3ccccc3)n2)cc1S(=O)(=O)O.O=S(=O)(O)c1cc(Nc2nc(Cl)nc(Nc3ccccc3)n2)ccc1C=Cc1ccc(Nc2nc(Cl)nc(Nc3ccccc3)n2)cc1S(=O)(=O)O.[H+].[H+].[Na+].[Na+]. The number of nitrogens with one attached hydrogen (secondary N) is 8. The van der Waals surface area contributed by atoms with Crippen molar-refractivity contribution in [3.63, 3.8) is 0 Å². The van der Waals surface area contributed by atoms with Gasteiger partial charge in [0.2, 0.25) is 68.7 Å². The second-order valence-electron chi connectivity index (χ2n) is 21.0. The Morgan fingerprint density at radius 3 is 0.566 bits per heavy atom. The van der Waals surface area contributed by atoms with Crippen LogP contribution in [0.25, 0.3) is 24.3 Å². The van der Waals surface area contributed by atoms with E-state index in [0.29, 0.717) is 22.7 Å². The average molecular weight is 1610 g/mol. The Balaban J connectivity index is 0.000000290. The van der Waals surface area contributed by atoms with Crippen molar-refractivity contribution in [2.24, 2.45) is 0 Å². The van der Waals surface area contributed by atoms with Gasteiger partial charge in [-0.05, 0) is 166 Å². The summed E-state index contributed by atoms with van der Waals surface area (Å²) in [4.78, 5) is 47.0. The van der Waals surface area contributed by atoms with Gasteiger partial charge in [-0.1, -0.05) is 121 Å². The molecule has 4 aromatic heterocycles. The van der Waals surface area contributed by atoms with Gasteiger partial charge in [-0.2, -0.15) is 93.5 Å². The zero-order valence-corrected chi connectivity index (χ0v) is 64.6. The van der Waals surface area contributed by atoms with Crippen LogP contribution in [-0.4, -0.2) is 112 Å². The third kappa shape index (κ3) is 23.2. The molecule has 8 aromatic carbocycles. The Hall–Kier alpha value is -9.52. The van der Waals surface area contributed by atoms with Gasteiger partial charge in [0, 0.05) is 45.5 Å². The molecule has 32 nitrogen and oxygen atoms in total. The Labute approximate surface area is 671 Å². The number of nitrogens with zero attached hydrogens (tertiary/aromatic N) is 12. The van der Waals surface area contributed by atoms with Crippen molar-refractivity contribution >= 4 is 204 Å². The van der Waals surface area contributed by atoms with Gasteiger partial charge in [-0.25, -0.2) is 0 Å². The monoisotopic (exact) mass is 1600 g/mol. The van der Waals surface area contributed by atoms with Crippen molar-refractivity contribution in [1.82, 2.24) is 59.8 Å². The first-order valence-corrected chi connectivity index (χ1v) is 36.7. The first-order chi connectivity index (χ1) is 49.6. The number of hydrogen-bond donors (Lipinski definition) is 12. The molecular weight excluding hydrogens is 1560 g/mol. The summed E-state index contributed by atoms with van der Waals surface area (Å²) < 4.78 is 140. The van der Waals surface area contributed by atoms with Gasteiger partial charge in [0.1, 0.15) is 19.6 Å². The molecule has 0 amide bonds. The Kier molecular flexibility index (Phi) is 27.1. The van der Waals surface area contributed by atoms with E-state index in [9.17, 15) is 51.9 Å². The van der Waals surface area contributed by atoms with Crippen molar-refractivity contribution in [2.75, 3.05) is 42.5 Å². The molecule has 0 bridgehead atoms. The number of benzene rings is 8. The Morgan fingerprint density at radius 1 is 0.245 bits per heavy atom. The number of anilines is 16. The smallest absolute Gasteiger partial charge is 0.324 e. The fourth-order valence-electron chi connectivity index (χ4n) is 9.22. The van der Waals surface area contributed by atoms with E-state index in [1.54, 1.807) is 48.5 Å². The molecule has 42 heteroatoms. The second kappa shape index (κ2) is 35.7. The van der Waals surface area contributed by atoms with Gasteiger partial charge in [-0.15, -0.1) is 0 Å². The largest absolute Gasteiger partial charge is 1.00 e. The molecule has 0 atom stereocenters. The number of para-hydroxylation sites is 4. The van der Waals surface area contributed by atoms with Crippen LogP contribution in [0.5, 0.6) is 0 Å².